The molecule has 0 aliphatic carbocycles. The molecule has 0 saturated heterocycles. The summed E-state index contributed by atoms with van der Waals surface area (Å²) in [5.41, 5.74) is 2.25. The van der Waals surface area contributed by atoms with Crippen molar-refractivity contribution >= 4 is 5.97 Å². The van der Waals surface area contributed by atoms with E-state index >= 15 is 0 Å². The first-order valence-electron chi connectivity index (χ1n) is 8.93. The average Bonchev–Trinajstić information content (AvgIpc) is 2.68. The molecule has 0 saturated carbocycles. The molecule has 3 aromatic rings. The van der Waals surface area contributed by atoms with Gasteiger partial charge in [0.2, 0.25) is 0 Å². The number of hydrogen-bond donors (Lipinski definition) is 0. The summed E-state index contributed by atoms with van der Waals surface area (Å²) in [5.74, 6) is -1.41. The maximum atomic E-state index is 14.4. The Hall–Kier alpha value is -3.01. The lowest BCUT2D eigenvalue weighted by molar-refractivity contribution is 0.0730. The molecular formula is C23H20F2O2. The molecule has 2 nitrogen and oxygen atoms in total. The van der Waals surface area contributed by atoms with Gasteiger partial charge < -0.3 is 4.74 Å². The summed E-state index contributed by atoms with van der Waals surface area (Å²) in [5, 5.41) is 0. The van der Waals surface area contributed by atoms with Gasteiger partial charge in [-0.05, 0) is 65.9 Å². The molecule has 3 rings (SSSR count). The Labute approximate surface area is 157 Å². The molecule has 0 atom stereocenters. The first-order chi connectivity index (χ1) is 13.1. The molecule has 0 unspecified atom stereocenters. The Morgan fingerprint density at radius 2 is 1.56 bits per heavy atom. The molecular weight excluding hydrogens is 346 g/mol. The fraction of sp³-hybridized carbons (Fsp3) is 0.174. The zero-order valence-electron chi connectivity index (χ0n) is 15.0. The zero-order chi connectivity index (χ0) is 19.2. The quantitative estimate of drug-likeness (QED) is 0.384. The number of aryl methyl sites for hydroxylation is 1. The van der Waals surface area contributed by atoms with Crippen LogP contribution in [-0.2, 0) is 6.42 Å². The van der Waals surface area contributed by atoms with Gasteiger partial charge in [0.15, 0.2) is 0 Å². The summed E-state index contributed by atoms with van der Waals surface area (Å²) in [6.45, 7) is 2.13. The van der Waals surface area contributed by atoms with Crippen molar-refractivity contribution in [1.82, 2.24) is 0 Å². The Bertz CT molecular complexity index is 916. The molecule has 0 amide bonds. The summed E-state index contributed by atoms with van der Waals surface area (Å²) >= 11 is 0. The Morgan fingerprint density at radius 3 is 2.19 bits per heavy atom. The molecule has 0 aliphatic heterocycles. The Balaban J connectivity index is 1.72. The fourth-order valence-corrected chi connectivity index (χ4v) is 2.77. The first-order valence-corrected chi connectivity index (χ1v) is 8.93. The number of unbranched alkanes of at least 4 members (excludes halogenated alkanes) is 1. The Kier molecular flexibility index (Phi) is 5.97. The van der Waals surface area contributed by atoms with Gasteiger partial charge in [-0.25, -0.2) is 13.6 Å². The molecule has 138 valence electrons. The number of carbonyl (C=O) groups is 1. The van der Waals surface area contributed by atoms with Crippen molar-refractivity contribution < 1.29 is 18.3 Å². The first kappa shape index (κ1) is 18.8. The smallest absolute Gasteiger partial charge is 0.346 e. The van der Waals surface area contributed by atoms with Crippen molar-refractivity contribution in [2.45, 2.75) is 26.2 Å². The highest BCUT2D eigenvalue weighted by molar-refractivity contribution is 5.92. The van der Waals surface area contributed by atoms with Gasteiger partial charge in [0, 0.05) is 0 Å². The SMILES string of the molecule is CCCCc1ccc(OC(=O)c2ccc(-c3ccc(F)cc3)cc2F)cc1. The molecule has 3 aromatic carbocycles. The highest BCUT2D eigenvalue weighted by Gasteiger charge is 2.15. The molecule has 4 heteroatoms. The van der Waals surface area contributed by atoms with Crippen LogP contribution >= 0.6 is 0 Å². The van der Waals surface area contributed by atoms with Crippen LogP contribution in [-0.4, -0.2) is 5.97 Å². The van der Waals surface area contributed by atoms with E-state index in [9.17, 15) is 13.6 Å². The topological polar surface area (TPSA) is 26.3 Å². The van der Waals surface area contributed by atoms with Crippen LogP contribution in [0, 0.1) is 11.6 Å². The number of halogens is 2. The monoisotopic (exact) mass is 366 g/mol. The van der Waals surface area contributed by atoms with Crippen LogP contribution in [0.2, 0.25) is 0 Å². The van der Waals surface area contributed by atoms with E-state index in [0.29, 0.717) is 16.9 Å². The molecule has 0 bridgehead atoms. The van der Waals surface area contributed by atoms with Gasteiger partial charge >= 0.3 is 5.97 Å². The van der Waals surface area contributed by atoms with Gasteiger partial charge in [-0.3, -0.25) is 0 Å². The second kappa shape index (κ2) is 8.58. The minimum Gasteiger partial charge on any atom is -0.423 e. The average molecular weight is 366 g/mol. The second-order valence-electron chi connectivity index (χ2n) is 6.34. The van der Waals surface area contributed by atoms with Gasteiger partial charge in [0.05, 0.1) is 5.56 Å². The molecule has 0 fully saturated rings. The third-order valence-corrected chi connectivity index (χ3v) is 4.32. The van der Waals surface area contributed by atoms with Crippen LogP contribution in [0.15, 0.2) is 66.7 Å². The van der Waals surface area contributed by atoms with Gasteiger partial charge in [0.25, 0.3) is 0 Å². The van der Waals surface area contributed by atoms with Crippen LogP contribution in [0.25, 0.3) is 11.1 Å². The molecule has 0 aliphatic rings. The van der Waals surface area contributed by atoms with Crippen molar-refractivity contribution in [3.63, 3.8) is 0 Å². The molecule has 0 spiro atoms. The number of ether oxygens (including phenoxy) is 1. The van der Waals surface area contributed by atoms with E-state index in [4.69, 9.17) is 4.74 Å². The van der Waals surface area contributed by atoms with E-state index in [2.05, 4.69) is 6.92 Å². The summed E-state index contributed by atoms with van der Waals surface area (Å²) in [6.07, 6.45) is 3.19. The maximum absolute atomic E-state index is 14.4. The van der Waals surface area contributed by atoms with Crippen LogP contribution in [0.5, 0.6) is 5.75 Å². The minimum absolute atomic E-state index is 0.143. The minimum atomic E-state index is -0.750. The lowest BCUT2D eigenvalue weighted by Gasteiger charge is -2.08. The molecule has 0 radical (unpaired) electrons. The molecule has 0 N–H and O–H groups in total. The molecule has 27 heavy (non-hydrogen) atoms. The second-order valence-corrected chi connectivity index (χ2v) is 6.34. The number of esters is 1. The van der Waals surface area contributed by atoms with Crippen molar-refractivity contribution in [2.75, 3.05) is 0 Å². The van der Waals surface area contributed by atoms with E-state index in [1.54, 1.807) is 30.3 Å². The lowest BCUT2D eigenvalue weighted by atomic mass is 10.0. The van der Waals surface area contributed by atoms with Crippen molar-refractivity contribution in [3.8, 4) is 16.9 Å². The van der Waals surface area contributed by atoms with E-state index < -0.39 is 11.8 Å². The highest BCUT2D eigenvalue weighted by Crippen LogP contribution is 2.23. The largest absolute Gasteiger partial charge is 0.423 e. The van der Waals surface area contributed by atoms with Crippen molar-refractivity contribution in [2.24, 2.45) is 0 Å². The predicted molar refractivity (Wildman–Crippen MR) is 102 cm³/mol. The van der Waals surface area contributed by atoms with E-state index in [-0.39, 0.29) is 11.4 Å². The van der Waals surface area contributed by atoms with Crippen LogP contribution in [0.3, 0.4) is 0 Å². The third kappa shape index (κ3) is 4.79. The fourth-order valence-electron chi connectivity index (χ4n) is 2.77. The summed E-state index contributed by atoms with van der Waals surface area (Å²) in [7, 11) is 0. The summed E-state index contributed by atoms with van der Waals surface area (Å²) < 4.78 is 32.7. The van der Waals surface area contributed by atoms with Crippen LogP contribution < -0.4 is 4.74 Å². The summed E-state index contributed by atoms with van der Waals surface area (Å²) in [4.78, 5) is 12.3. The number of carbonyl (C=O) groups excluding carboxylic acids is 1. The Morgan fingerprint density at radius 1 is 0.889 bits per heavy atom. The molecule has 0 aromatic heterocycles. The van der Waals surface area contributed by atoms with Gasteiger partial charge in [-0.15, -0.1) is 0 Å². The van der Waals surface area contributed by atoms with Gasteiger partial charge in [-0.1, -0.05) is 43.7 Å². The van der Waals surface area contributed by atoms with Gasteiger partial charge in [-0.2, -0.15) is 0 Å². The predicted octanol–water partition coefficient (Wildman–Crippen LogP) is 6.19. The molecule has 0 heterocycles. The van der Waals surface area contributed by atoms with E-state index in [1.165, 1.54) is 29.8 Å². The highest BCUT2D eigenvalue weighted by atomic mass is 19.1. The van der Waals surface area contributed by atoms with Crippen molar-refractivity contribution in [3.05, 3.63) is 89.5 Å². The van der Waals surface area contributed by atoms with E-state index in [0.717, 1.165) is 19.3 Å². The number of benzene rings is 3. The van der Waals surface area contributed by atoms with Crippen LogP contribution in [0.1, 0.15) is 35.7 Å². The maximum Gasteiger partial charge on any atom is 0.346 e. The lowest BCUT2D eigenvalue weighted by Crippen LogP contribution is -2.10. The van der Waals surface area contributed by atoms with Gasteiger partial charge in [0.1, 0.15) is 17.4 Å². The standard InChI is InChI=1S/C23H20F2O2/c1-2-3-4-16-5-12-20(13-6-16)27-23(26)21-14-9-18(15-22(21)25)17-7-10-19(24)11-8-17/h5-15H,2-4H2,1H3. The van der Waals surface area contributed by atoms with Crippen LogP contribution in [0.4, 0.5) is 8.78 Å². The summed E-state index contributed by atoms with van der Waals surface area (Å²) in [6, 6.07) is 17.2. The number of rotatable bonds is 6. The van der Waals surface area contributed by atoms with E-state index in [1.807, 2.05) is 12.1 Å². The number of hydrogen-bond acceptors (Lipinski definition) is 2. The normalized spacial score (nSPS) is 10.6. The van der Waals surface area contributed by atoms with Crippen molar-refractivity contribution in [1.29, 1.82) is 0 Å². The zero-order valence-corrected chi connectivity index (χ0v) is 15.0. The third-order valence-electron chi connectivity index (χ3n) is 4.32.